The van der Waals surface area contributed by atoms with Gasteiger partial charge in [-0.25, -0.2) is 9.97 Å². The molecule has 0 aliphatic carbocycles. The van der Waals surface area contributed by atoms with Gasteiger partial charge in [0, 0.05) is 43.8 Å². The minimum Gasteiger partial charge on any atom is -0.346 e. The van der Waals surface area contributed by atoms with Crippen molar-refractivity contribution >= 4 is 34.5 Å². The van der Waals surface area contributed by atoms with Crippen molar-refractivity contribution in [2.45, 2.75) is 25.8 Å². The summed E-state index contributed by atoms with van der Waals surface area (Å²) in [5.41, 5.74) is 1.96. The summed E-state index contributed by atoms with van der Waals surface area (Å²) in [4.78, 5) is 32.7. The van der Waals surface area contributed by atoms with Crippen LogP contribution in [-0.4, -0.2) is 75.7 Å². The van der Waals surface area contributed by atoms with Crippen LogP contribution < -0.4 is 4.90 Å². The average Bonchev–Trinajstić information content (AvgIpc) is 3.30. The Morgan fingerprint density at radius 3 is 3.00 bits per heavy atom. The largest absolute Gasteiger partial charge is 0.346 e. The fraction of sp³-hybridized carbons (Fsp3) is 0.550. The summed E-state index contributed by atoms with van der Waals surface area (Å²) in [6.07, 6.45) is 7.94. The number of H-pyrrole nitrogens is 1. The van der Waals surface area contributed by atoms with Gasteiger partial charge in [0.15, 0.2) is 0 Å². The molecule has 2 unspecified atom stereocenters. The molecule has 2 aromatic heterocycles. The van der Waals surface area contributed by atoms with Crippen molar-refractivity contribution in [1.82, 2.24) is 24.8 Å². The Hall–Kier alpha value is -2.06. The van der Waals surface area contributed by atoms with Gasteiger partial charge >= 0.3 is 0 Å². The third-order valence-corrected chi connectivity index (χ3v) is 7.40. The van der Waals surface area contributed by atoms with Crippen LogP contribution in [0.2, 0.25) is 0 Å². The molecule has 1 amide bonds. The van der Waals surface area contributed by atoms with Gasteiger partial charge in [-0.15, -0.1) is 11.8 Å². The van der Waals surface area contributed by atoms with E-state index in [1.54, 1.807) is 18.1 Å². The molecule has 0 aromatic carbocycles. The first kappa shape index (κ1) is 18.0. The number of carbonyl (C=O) groups excluding carboxylic acids is 1. The third-order valence-electron chi connectivity index (χ3n) is 6.42. The molecule has 7 nitrogen and oxygen atoms in total. The summed E-state index contributed by atoms with van der Waals surface area (Å²) < 4.78 is 0. The minimum atomic E-state index is 0.171. The third kappa shape index (κ3) is 2.99. The maximum atomic E-state index is 13.3. The van der Waals surface area contributed by atoms with Crippen LogP contribution >= 0.6 is 11.8 Å². The van der Waals surface area contributed by atoms with Crippen molar-refractivity contribution in [2.24, 2.45) is 5.92 Å². The van der Waals surface area contributed by atoms with Crippen molar-refractivity contribution in [3.8, 4) is 0 Å². The normalized spacial score (nSPS) is 25.9. The van der Waals surface area contributed by atoms with Gasteiger partial charge in [-0.3, -0.25) is 4.79 Å². The van der Waals surface area contributed by atoms with E-state index in [0.717, 1.165) is 71.6 Å². The molecule has 2 saturated heterocycles. The first-order valence-electron chi connectivity index (χ1n) is 10.0. The number of piperidine rings is 1. The van der Waals surface area contributed by atoms with Gasteiger partial charge in [-0.2, -0.15) is 0 Å². The Morgan fingerprint density at radius 2 is 2.11 bits per heavy atom. The molecule has 1 N–H and O–H groups in total. The fourth-order valence-electron chi connectivity index (χ4n) is 4.79. The molecule has 0 saturated carbocycles. The predicted octanol–water partition coefficient (Wildman–Crippen LogP) is 2.21. The van der Waals surface area contributed by atoms with Crippen LogP contribution in [0.5, 0.6) is 0 Å². The van der Waals surface area contributed by atoms with E-state index in [1.807, 2.05) is 12.4 Å². The lowest BCUT2D eigenvalue weighted by molar-refractivity contribution is -0.128. The van der Waals surface area contributed by atoms with Crippen LogP contribution in [0, 0.1) is 12.8 Å². The second-order valence-electron chi connectivity index (χ2n) is 8.06. The molecule has 2 atom stereocenters. The zero-order valence-corrected chi connectivity index (χ0v) is 17.2. The summed E-state index contributed by atoms with van der Waals surface area (Å²) in [5, 5.41) is 1.03. The van der Waals surface area contributed by atoms with Crippen LogP contribution in [0.4, 0.5) is 5.82 Å². The number of rotatable bonds is 2. The van der Waals surface area contributed by atoms with Gasteiger partial charge in [-0.1, -0.05) is 0 Å². The number of thioether (sulfide) groups is 1. The van der Waals surface area contributed by atoms with Crippen LogP contribution in [0.3, 0.4) is 0 Å². The molecular formula is C20H26N6OS. The van der Waals surface area contributed by atoms with Crippen molar-refractivity contribution in [2.75, 3.05) is 43.9 Å². The number of aryl methyl sites for hydroxylation is 1. The van der Waals surface area contributed by atoms with Gasteiger partial charge in [0.2, 0.25) is 0 Å². The molecule has 0 bridgehead atoms. The predicted molar refractivity (Wildman–Crippen MR) is 112 cm³/mol. The second-order valence-corrected chi connectivity index (χ2v) is 9.20. The Morgan fingerprint density at radius 1 is 1.25 bits per heavy atom. The minimum absolute atomic E-state index is 0.171. The maximum Gasteiger partial charge on any atom is 0.261 e. The van der Waals surface area contributed by atoms with E-state index in [-0.39, 0.29) is 5.91 Å². The number of aromatic amines is 1. The number of anilines is 1. The van der Waals surface area contributed by atoms with Gasteiger partial charge in [0.25, 0.3) is 5.91 Å². The zero-order chi connectivity index (χ0) is 19.3. The lowest BCUT2D eigenvalue weighted by Crippen LogP contribution is -2.49. The number of likely N-dealkylation sites (tertiary alicyclic amines) is 2. The molecule has 3 aliphatic rings. The summed E-state index contributed by atoms with van der Waals surface area (Å²) in [6, 6.07) is 0.520. The lowest BCUT2D eigenvalue weighted by atomic mass is 9.92. The Balaban J connectivity index is 1.40. The maximum absolute atomic E-state index is 13.3. The van der Waals surface area contributed by atoms with Gasteiger partial charge < -0.3 is 19.7 Å². The zero-order valence-electron chi connectivity index (χ0n) is 16.4. The Kier molecular flexibility index (Phi) is 4.55. The summed E-state index contributed by atoms with van der Waals surface area (Å²) >= 11 is 1.66. The molecule has 3 aliphatic heterocycles. The van der Waals surface area contributed by atoms with E-state index in [4.69, 9.17) is 0 Å². The van der Waals surface area contributed by atoms with Crippen molar-refractivity contribution in [1.29, 1.82) is 0 Å². The number of nitrogens with one attached hydrogen (secondary N) is 1. The summed E-state index contributed by atoms with van der Waals surface area (Å²) in [5.74, 6) is 2.68. The van der Waals surface area contributed by atoms with Crippen LogP contribution in [-0.2, 0) is 4.79 Å². The molecule has 8 heteroatoms. The number of carbonyl (C=O) groups is 1. The van der Waals surface area contributed by atoms with E-state index in [0.29, 0.717) is 6.04 Å². The molecule has 2 aromatic rings. The SMILES string of the molecule is Cc1c[nH]c2ncnc(N3C=C(C(=O)N4CCC5CCN(C)C5C4)SCC3)c12. The van der Waals surface area contributed by atoms with Gasteiger partial charge in [0.1, 0.15) is 17.8 Å². The monoisotopic (exact) mass is 398 g/mol. The molecule has 5 heterocycles. The van der Waals surface area contributed by atoms with Crippen LogP contribution in [0.1, 0.15) is 18.4 Å². The highest BCUT2D eigenvalue weighted by molar-refractivity contribution is 8.04. The number of nitrogens with zero attached hydrogens (tertiary/aromatic N) is 5. The number of hydrogen-bond acceptors (Lipinski definition) is 6. The van der Waals surface area contributed by atoms with E-state index >= 15 is 0 Å². The van der Waals surface area contributed by atoms with Crippen molar-refractivity contribution < 1.29 is 4.79 Å². The highest BCUT2D eigenvalue weighted by Gasteiger charge is 2.38. The highest BCUT2D eigenvalue weighted by Crippen LogP contribution is 2.34. The van der Waals surface area contributed by atoms with Gasteiger partial charge in [0.05, 0.1) is 10.3 Å². The first-order chi connectivity index (χ1) is 13.6. The Labute approximate surface area is 169 Å². The lowest BCUT2D eigenvalue weighted by Gasteiger charge is -2.38. The quantitative estimate of drug-likeness (QED) is 0.837. The number of aromatic nitrogens is 3. The molecule has 28 heavy (non-hydrogen) atoms. The molecule has 0 radical (unpaired) electrons. The van der Waals surface area contributed by atoms with E-state index in [1.165, 1.54) is 6.42 Å². The summed E-state index contributed by atoms with van der Waals surface area (Å²) in [6.45, 7) is 5.78. The van der Waals surface area contributed by atoms with E-state index < -0.39 is 0 Å². The smallest absolute Gasteiger partial charge is 0.261 e. The Bertz CT molecular complexity index is 940. The molecule has 0 spiro atoms. The molecule has 5 rings (SSSR count). The first-order valence-corrected chi connectivity index (χ1v) is 11.0. The number of amides is 1. The van der Waals surface area contributed by atoms with Gasteiger partial charge in [-0.05, 0) is 44.8 Å². The number of likely N-dealkylation sites (N-methyl/N-ethyl adjacent to an activating group) is 1. The van der Waals surface area contributed by atoms with Crippen LogP contribution in [0.25, 0.3) is 11.0 Å². The summed E-state index contributed by atoms with van der Waals surface area (Å²) in [7, 11) is 2.19. The number of hydrogen-bond donors (Lipinski definition) is 1. The van der Waals surface area contributed by atoms with E-state index in [2.05, 4.69) is 43.6 Å². The van der Waals surface area contributed by atoms with E-state index in [9.17, 15) is 4.79 Å². The van der Waals surface area contributed by atoms with Crippen molar-refractivity contribution in [3.63, 3.8) is 0 Å². The standard InChI is InChI=1S/C20H26N6OS/c1-13-9-21-18-17(13)19(23-12-22-18)25-7-8-28-16(11-25)20(27)26-6-4-14-3-5-24(2)15(14)10-26/h9,11-12,14-15H,3-8,10H2,1-2H3,(H,21,22,23). The second kappa shape index (κ2) is 7.08. The highest BCUT2D eigenvalue weighted by atomic mass is 32.2. The average molecular weight is 399 g/mol. The topological polar surface area (TPSA) is 68.4 Å². The van der Waals surface area contributed by atoms with Crippen molar-refractivity contribution in [3.05, 3.63) is 29.2 Å². The fourth-order valence-corrected chi connectivity index (χ4v) is 5.75. The van der Waals surface area contributed by atoms with Crippen LogP contribution in [0.15, 0.2) is 23.6 Å². The molecule has 2 fully saturated rings. The molecular weight excluding hydrogens is 372 g/mol. The number of fused-ring (bicyclic) bond motifs is 2. The molecule has 148 valence electrons.